The predicted octanol–water partition coefficient (Wildman–Crippen LogP) is 0.152. The third kappa shape index (κ3) is 1.16. The fourth-order valence-electron chi connectivity index (χ4n) is 1.88. The van der Waals surface area contributed by atoms with Crippen molar-refractivity contribution in [3.63, 3.8) is 0 Å². The third-order valence-electron chi connectivity index (χ3n) is 2.60. The number of carbonyl (C=O) groups excluding carboxylic acids is 2. The second kappa shape index (κ2) is 2.80. The molecule has 0 aromatic heterocycles. The average molecular weight is 184 g/mol. The maximum Gasteiger partial charge on any atom is 0.312 e. The van der Waals surface area contributed by atoms with E-state index in [0.717, 1.165) is 0 Å². The minimum Gasteiger partial charge on any atom is -0.466 e. The summed E-state index contributed by atoms with van der Waals surface area (Å²) in [6, 6.07) is 0. The quantitative estimate of drug-likeness (QED) is 0.573. The molecule has 0 N–H and O–H groups in total. The van der Waals surface area contributed by atoms with Gasteiger partial charge >= 0.3 is 5.97 Å². The molecule has 1 heterocycles. The number of ketones is 1. The molecule has 0 spiro atoms. The van der Waals surface area contributed by atoms with Crippen molar-refractivity contribution in [2.75, 3.05) is 6.61 Å². The molecule has 0 aromatic carbocycles. The number of esters is 1. The molecule has 0 unspecified atom stereocenters. The Morgan fingerprint density at radius 3 is 2.77 bits per heavy atom. The highest BCUT2D eigenvalue weighted by Gasteiger charge is 2.66. The van der Waals surface area contributed by atoms with Gasteiger partial charge in [-0.25, -0.2) is 0 Å². The molecule has 4 nitrogen and oxygen atoms in total. The van der Waals surface area contributed by atoms with Crippen LogP contribution in [0, 0.1) is 11.8 Å². The highest BCUT2D eigenvalue weighted by molar-refractivity contribution is 5.97. The van der Waals surface area contributed by atoms with Crippen molar-refractivity contribution in [1.82, 2.24) is 0 Å². The zero-order chi connectivity index (χ0) is 9.59. The van der Waals surface area contributed by atoms with Gasteiger partial charge in [-0.1, -0.05) is 0 Å². The molecule has 72 valence electrons. The van der Waals surface area contributed by atoms with Crippen molar-refractivity contribution in [1.29, 1.82) is 0 Å². The van der Waals surface area contributed by atoms with Gasteiger partial charge in [-0.05, 0) is 13.8 Å². The van der Waals surface area contributed by atoms with Crippen LogP contribution in [0.3, 0.4) is 0 Å². The molecule has 2 aliphatic rings. The number of hydrogen-bond acceptors (Lipinski definition) is 4. The normalized spacial score (nSPS) is 41.5. The summed E-state index contributed by atoms with van der Waals surface area (Å²) >= 11 is 0. The number of carbonyl (C=O) groups is 2. The Balaban J connectivity index is 1.96. The maximum absolute atomic E-state index is 11.3. The molecule has 0 bridgehead atoms. The van der Waals surface area contributed by atoms with Gasteiger partial charge in [0.2, 0.25) is 0 Å². The van der Waals surface area contributed by atoms with Crippen molar-refractivity contribution < 1.29 is 19.1 Å². The van der Waals surface area contributed by atoms with E-state index in [-0.39, 0.29) is 35.8 Å². The monoisotopic (exact) mass is 184 g/mol. The summed E-state index contributed by atoms with van der Waals surface area (Å²) in [4.78, 5) is 22.5. The fraction of sp³-hybridized carbons (Fsp3) is 0.778. The molecule has 4 atom stereocenters. The number of ether oxygens (including phenoxy) is 2. The van der Waals surface area contributed by atoms with Gasteiger partial charge in [-0.2, -0.15) is 0 Å². The van der Waals surface area contributed by atoms with Crippen LogP contribution in [0.4, 0.5) is 0 Å². The van der Waals surface area contributed by atoms with E-state index in [9.17, 15) is 9.59 Å². The van der Waals surface area contributed by atoms with Gasteiger partial charge in [0, 0.05) is 0 Å². The number of fused-ring (bicyclic) bond motifs is 1. The average Bonchev–Trinajstić information content (AvgIpc) is 2.70. The van der Waals surface area contributed by atoms with Gasteiger partial charge in [-0.15, -0.1) is 0 Å². The van der Waals surface area contributed by atoms with Gasteiger partial charge in [0.25, 0.3) is 0 Å². The van der Waals surface area contributed by atoms with Crippen LogP contribution in [0.25, 0.3) is 0 Å². The van der Waals surface area contributed by atoms with E-state index >= 15 is 0 Å². The van der Waals surface area contributed by atoms with Crippen LogP contribution in [-0.2, 0) is 19.1 Å². The summed E-state index contributed by atoms with van der Waals surface area (Å²) in [6.45, 7) is 3.83. The van der Waals surface area contributed by atoms with E-state index in [0.29, 0.717) is 6.61 Å². The van der Waals surface area contributed by atoms with Crippen LogP contribution in [0.1, 0.15) is 13.8 Å². The number of Topliss-reactive ketones (excluding diaryl/α,β-unsaturated/α-hetero) is 1. The van der Waals surface area contributed by atoms with Crippen LogP contribution in [-0.4, -0.2) is 30.6 Å². The minimum atomic E-state index is -0.333. The second-order valence-electron chi connectivity index (χ2n) is 3.45. The fourth-order valence-corrected chi connectivity index (χ4v) is 1.88. The first-order valence-electron chi connectivity index (χ1n) is 4.52. The summed E-state index contributed by atoms with van der Waals surface area (Å²) in [5, 5.41) is 0. The standard InChI is InChI=1S/C9H12O4/c1-3-12-9(11)6-5-7(10)4(2)13-8(5)6/h4-6,8H,3H2,1-2H3/t4-,5-,6+,8+/m0/s1. The summed E-state index contributed by atoms with van der Waals surface area (Å²) in [6.07, 6.45) is -0.526. The summed E-state index contributed by atoms with van der Waals surface area (Å²) in [5.74, 6) is -0.779. The van der Waals surface area contributed by atoms with Crippen molar-refractivity contribution in [2.24, 2.45) is 11.8 Å². The first kappa shape index (κ1) is 8.69. The Labute approximate surface area is 76.2 Å². The van der Waals surface area contributed by atoms with E-state index in [2.05, 4.69) is 0 Å². The summed E-state index contributed by atoms with van der Waals surface area (Å²) in [5.41, 5.74) is 0. The Kier molecular flexibility index (Phi) is 1.87. The van der Waals surface area contributed by atoms with Gasteiger partial charge in [0.1, 0.15) is 6.10 Å². The first-order valence-corrected chi connectivity index (χ1v) is 4.52. The van der Waals surface area contributed by atoms with E-state index in [1.807, 2.05) is 0 Å². The Bertz CT molecular complexity index is 260. The maximum atomic E-state index is 11.3. The zero-order valence-corrected chi connectivity index (χ0v) is 7.65. The summed E-state index contributed by atoms with van der Waals surface area (Å²) in [7, 11) is 0. The molecule has 1 saturated carbocycles. The Morgan fingerprint density at radius 1 is 1.62 bits per heavy atom. The van der Waals surface area contributed by atoms with E-state index in [4.69, 9.17) is 9.47 Å². The highest BCUT2D eigenvalue weighted by Crippen LogP contribution is 2.49. The van der Waals surface area contributed by atoms with Crippen LogP contribution < -0.4 is 0 Å². The molecule has 4 heteroatoms. The lowest BCUT2D eigenvalue weighted by Crippen LogP contribution is -2.22. The number of hydrogen-bond donors (Lipinski definition) is 0. The van der Waals surface area contributed by atoms with Crippen LogP contribution in [0.2, 0.25) is 0 Å². The minimum absolute atomic E-state index is 0.0445. The molecule has 0 radical (unpaired) electrons. The van der Waals surface area contributed by atoms with Crippen molar-refractivity contribution >= 4 is 11.8 Å². The van der Waals surface area contributed by atoms with Gasteiger partial charge < -0.3 is 9.47 Å². The number of rotatable bonds is 2. The first-order chi connectivity index (χ1) is 6.16. The smallest absolute Gasteiger partial charge is 0.312 e. The molecule has 1 saturated heterocycles. The lowest BCUT2D eigenvalue weighted by atomic mass is 10.1. The van der Waals surface area contributed by atoms with Gasteiger partial charge in [-0.3, -0.25) is 9.59 Å². The topological polar surface area (TPSA) is 52.6 Å². The second-order valence-corrected chi connectivity index (χ2v) is 3.45. The molecular formula is C9H12O4. The lowest BCUT2D eigenvalue weighted by Gasteiger charge is -2.07. The Morgan fingerprint density at radius 2 is 2.31 bits per heavy atom. The van der Waals surface area contributed by atoms with Gasteiger partial charge in [0.05, 0.1) is 24.5 Å². The van der Waals surface area contributed by atoms with E-state index in [1.54, 1.807) is 13.8 Å². The Hall–Kier alpha value is -0.900. The molecular weight excluding hydrogens is 172 g/mol. The van der Waals surface area contributed by atoms with Crippen molar-refractivity contribution in [2.45, 2.75) is 26.1 Å². The molecule has 13 heavy (non-hydrogen) atoms. The zero-order valence-electron chi connectivity index (χ0n) is 7.65. The highest BCUT2D eigenvalue weighted by atomic mass is 16.5. The van der Waals surface area contributed by atoms with Crippen molar-refractivity contribution in [3.05, 3.63) is 0 Å². The molecule has 0 amide bonds. The van der Waals surface area contributed by atoms with Crippen LogP contribution >= 0.6 is 0 Å². The molecule has 1 aliphatic carbocycles. The van der Waals surface area contributed by atoms with Crippen molar-refractivity contribution in [3.8, 4) is 0 Å². The van der Waals surface area contributed by atoms with E-state index < -0.39 is 0 Å². The van der Waals surface area contributed by atoms with Gasteiger partial charge in [0.15, 0.2) is 5.78 Å². The molecule has 1 aliphatic heterocycles. The lowest BCUT2D eigenvalue weighted by molar-refractivity contribution is -0.149. The molecule has 0 aromatic rings. The van der Waals surface area contributed by atoms with Crippen LogP contribution in [0.5, 0.6) is 0 Å². The largest absolute Gasteiger partial charge is 0.466 e. The SMILES string of the molecule is CCOC(=O)[C@H]1[C@@H]2O[C@@H](C)C(=O)[C@@H]21. The third-order valence-corrected chi connectivity index (χ3v) is 2.60. The summed E-state index contributed by atoms with van der Waals surface area (Å²) < 4.78 is 10.1. The molecule has 2 rings (SSSR count). The molecule has 2 fully saturated rings. The van der Waals surface area contributed by atoms with E-state index in [1.165, 1.54) is 0 Å². The predicted molar refractivity (Wildman–Crippen MR) is 43.0 cm³/mol. The van der Waals surface area contributed by atoms with Crippen LogP contribution in [0.15, 0.2) is 0 Å².